The van der Waals surface area contributed by atoms with Gasteiger partial charge < -0.3 is 10.1 Å². The fourth-order valence-electron chi connectivity index (χ4n) is 2.88. The second-order valence-corrected chi connectivity index (χ2v) is 6.33. The van der Waals surface area contributed by atoms with Gasteiger partial charge in [0.25, 0.3) is 0 Å². The van der Waals surface area contributed by atoms with Crippen LogP contribution in [-0.2, 0) is 4.74 Å². The molecule has 0 atom stereocenters. The van der Waals surface area contributed by atoms with Crippen LogP contribution in [0.1, 0.15) is 15.9 Å². The van der Waals surface area contributed by atoms with E-state index in [0.29, 0.717) is 17.1 Å². The predicted molar refractivity (Wildman–Crippen MR) is 115 cm³/mol. The van der Waals surface area contributed by atoms with Crippen LogP contribution in [0.3, 0.4) is 0 Å². The normalized spacial score (nSPS) is 10.9. The van der Waals surface area contributed by atoms with Crippen LogP contribution in [0.15, 0.2) is 91.1 Å². The number of nitrogens with zero attached hydrogens (tertiary/aromatic N) is 2. The summed E-state index contributed by atoms with van der Waals surface area (Å²) in [4.78, 5) is 21.5. The van der Waals surface area contributed by atoms with Gasteiger partial charge >= 0.3 is 5.97 Å². The Kier molecular flexibility index (Phi) is 5.58. The van der Waals surface area contributed by atoms with Crippen molar-refractivity contribution in [1.82, 2.24) is 9.97 Å². The lowest BCUT2D eigenvalue weighted by Gasteiger charge is -2.11. The topological polar surface area (TPSA) is 64.1 Å². The number of aromatic nitrogens is 2. The maximum atomic E-state index is 12.5. The Morgan fingerprint density at radius 3 is 2.48 bits per heavy atom. The van der Waals surface area contributed by atoms with Gasteiger partial charge in [-0.25, -0.2) is 9.78 Å². The van der Waals surface area contributed by atoms with Gasteiger partial charge in [0.1, 0.15) is 12.4 Å². The Morgan fingerprint density at radius 1 is 0.897 bits per heavy atom. The number of esters is 1. The highest BCUT2D eigenvalue weighted by atomic mass is 16.5. The molecule has 142 valence electrons. The smallest absolute Gasteiger partial charge is 0.340 e. The van der Waals surface area contributed by atoms with Crippen molar-refractivity contribution >= 4 is 34.6 Å². The molecule has 1 heterocycles. The summed E-state index contributed by atoms with van der Waals surface area (Å²) < 4.78 is 5.40. The Morgan fingerprint density at radius 2 is 1.62 bits per heavy atom. The molecule has 5 heteroatoms. The molecule has 0 amide bonds. The van der Waals surface area contributed by atoms with Crippen LogP contribution in [0.4, 0.5) is 11.5 Å². The van der Waals surface area contributed by atoms with Crippen molar-refractivity contribution in [2.45, 2.75) is 0 Å². The minimum Gasteiger partial charge on any atom is -0.458 e. The molecule has 0 bridgehead atoms. The molecule has 0 aliphatic rings. The van der Waals surface area contributed by atoms with Gasteiger partial charge in [-0.05, 0) is 35.9 Å². The quantitative estimate of drug-likeness (QED) is 0.463. The molecule has 0 aliphatic heterocycles. The Bertz CT molecular complexity index is 1160. The Labute approximate surface area is 168 Å². The maximum absolute atomic E-state index is 12.5. The lowest BCUT2D eigenvalue weighted by atomic mass is 10.2. The van der Waals surface area contributed by atoms with E-state index in [1.165, 1.54) is 0 Å². The third-order valence-corrected chi connectivity index (χ3v) is 4.28. The van der Waals surface area contributed by atoms with Gasteiger partial charge in [0.05, 0.1) is 28.5 Å². The van der Waals surface area contributed by atoms with E-state index in [4.69, 9.17) is 4.74 Å². The van der Waals surface area contributed by atoms with Crippen molar-refractivity contribution in [3.8, 4) is 0 Å². The first-order valence-corrected chi connectivity index (χ1v) is 9.26. The third kappa shape index (κ3) is 4.65. The first-order valence-electron chi connectivity index (χ1n) is 9.26. The van der Waals surface area contributed by atoms with Gasteiger partial charge in [-0.2, -0.15) is 0 Å². The van der Waals surface area contributed by atoms with Crippen LogP contribution >= 0.6 is 0 Å². The van der Waals surface area contributed by atoms with Crippen LogP contribution in [-0.4, -0.2) is 22.5 Å². The Hall–Kier alpha value is -3.99. The second kappa shape index (κ2) is 8.80. The molecule has 0 radical (unpaired) electrons. The molecule has 0 fully saturated rings. The first-order chi connectivity index (χ1) is 14.3. The number of carbonyl (C=O) groups excluding carboxylic acids is 1. The molecule has 1 aromatic heterocycles. The molecule has 29 heavy (non-hydrogen) atoms. The van der Waals surface area contributed by atoms with Gasteiger partial charge in [0.15, 0.2) is 0 Å². The van der Waals surface area contributed by atoms with Gasteiger partial charge in [0.2, 0.25) is 0 Å². The fourth-order valence-corrected chi connectivity index (χ4v) is 2.88. The standard InChI is InChI=1S/C24H19N3O2/c28-24(29-16-8-11-18-9-2-1-3-10-18)19-12-4-5-13-20(19)26-23-17-25-21-14-6-7-15-22(21)27-23/h1-15,17H,16H2,(H,26,27). The van der Waals surface area contributed by atoms with E-state index in [-0.39, 0.29) is 6.61 Å². The van der Waals surface area contributed by atoms with E-state index in [0.717, 1.165) is 16.6 Å². The molecule has 3 aromatic carbocycles. The summed E-state index contributed by atoms with van der Waals surface area (Å²) in [5.41, 5.74) is 3.71. The zero-order valence-corrected chi connectivity index (χ0v) is 15.7. The molecule has 4 aromatic rings. The minimum absolute atomic E-state index is 0.192. The van der Waals surface area contributed by atoms with Gasteiger partial charge in [-0.15, -0.1) is 0 Å². The minimum atomic E-state index is -0.403. The average Bonchev–Trinajstić information content (AvgIpc) is 2.77. The summed E-state index contributed by atoms with van der Waals surface area (Å²) in [5, 5.41) is 3.17. The fraction of sp³-hybridized carbons (Fsp3) is 0.0417. The highest BCUT2D eigenvalue weighted by Crippen LogP contribution is 2.21. The van der Waals surface area contributed by atoms with E-state index in [1.807, 2.05) is 78.9 Å². The first kappa shape index (κ1) is 18.4. The van der Waals surface area contributed by atoms with E-state index < -0.39 is 5.97 Å². The highest BCUT2D eigenvalue weighted by molar-refractivity contribution is 5.96. The van der Waals surface area contributed by atoms with Crippen molar-refractivity contribution in [1.29, 1.82) is 0 Å². The summed E-state index contributed by atoms with van der Waals surface area (Å²) >= 11 is 0. The number of hydrogen-bond donors (Lipinski definition) is 1. The zero-order chi connectivity index (χ0) is 19.9. The largest absolute Gasteiger partial charge is 0.458 e. The van der Waals surface area contributed by atoms with Crippen molar-refractivity contribution in [3.63, 3.8) is 0 Å². The van der Waals surface area contributed by atoms with Crippen LogP contribution in [0.5, 0.6) is 0 Å². The lowest BCUT2D eigenvalue weighted by Crippen LogP contribution is -2.08. The number of fused-ring (bicyclic) bond motifs is 1. The molecular weight excluding hydrogens is 362 g/mol. The van der Waals surface area contributed by atoms with E-state index in [1.54, 1.807) is 18.3 Å². The molecule has 5 nitrogen and oxygen atoms in total. The lowest BCUT2D eigenvalue weighted by molar-refractivity contribution is 0.0551. The van der Waals surface area contributed by atoms with Crippen LogP contribution in [0.2, 0.25) is 0 Å². The summed E-state index contributed by atoms with van der Waals surface area (Å²) in [6, 6.07) is 24.7. The maximum Gasteiger partial charge on any atom is 0.340 e. The number of hydrogen-bond acceptors (Lipinski definition) is 5. The molecule has 0 saturated heterocycles. The van der Waals surface area contributed by atoms with Crippen molar-refractivity contribution in [3.05, 3.63) is 102 Å². The zero-order valence-electron chi connectivity index (χ0n) is 15.7. The second-order valence-electron chi connectivity index (χ2n) is 6.33. The number of carbonyl (C=O) groups is 1. The summed E-state index contributed by atoms with van der Waals surface area (Å²) in [6.07, 6.45) is 5.38. The van der Waals surface area contributed by atoms with Gasteiger partial charge in [-0.1, -0.05) is 60.7 Å². The third-order valence-electron chi connectivity index (χ3n) is 4.28. The van der Waals surface area contributed by atoms with Crippen molar-refractivity contribution in [2.24, 2.45) is 0 Å². The van der Waals surface area contributed by atoms with Crippen LogP contribution in [0.25, 0.3) is 17.1 Å². The average molecular weight is 381 g/mol. The number of benzene rings is 3. The van der Waals surface area contributed by atoms with Gasteiger partial charge in [-0.3, -0.25) is 4.98 Å². The van der Waals surface area contributed by atoms with Crippen molar-refractivity contribution in [2.75, 3.05) is 11.9 Å². The molecule has 1 N–H and O–H groups in total. The number of para-hydroxylation sites is 3. The molecule has 0 unspecified atom stereocenters. The summed E-state index contributed by atoms with van der Waals surface area (Å²) in [5.74, 6) is 0.160. The number of ether oxygens (including phenoxy) is 1. The monoisotopic (exact) mass is 381 g/mol. The summed E-state index contributed by atoms with van der Waals surface area (Å²) in [7, 11) is 0. The van der Waals surface area contributed by atoms with Gasteiger partial charge in [0, 0.05) is 0 Å². The number of anilines is 2. The molecular formula is C24H19N3O2. The SMILES string of the molecule is O=C(OCC=Cc1ccccc1)c1ccccc1Nc1cnc2ccccc2n1. The molecule has 0 saturated carbocycles. The Balaban J connectivity index is 1.45. The summed E-state index contributed by atoms with van der Waals surface area (Å²) in [6.45, 7) is 0.192. The number of nitrogens with one attached hydrogen (secondary N) is 1. The molecule has 0 spiro atoms. The molecule has 4 rings (SSSR count). The molecule has 0 aliphatic carbocycles. The predicted octanol–water partition coefficient (Wildman–Crippen LogP) is 5.24. The number of rotatable bonds is 6. The van der Waals surface area contributed by atoms with E-state index in [9.17, 15) is 4.79 Å². The van der Waals surface area contributed by atoms with Crippen LogP contribution in [0, 0.1) is 0 Å². The van der Waals surface area contributed by atoms with Crippen LogP contribution < -0.4 is 5.32 Å². The van der Waals surface area contributed by atoms with E-state index >= 15 is 0 Å². The van der Waals surface area contributed by atoms with E-state index in [2.05, 4.69) is 15.3 Å². The van der Waals surface area contributed by atoms with Crippen molar-refractivity contribution < 1.29 is 9.53 Å². The highest BCUT2D eigenvalue weighted by Gasteiger charge is 2.12.